The Bertz CT molecular complexity index is 653. The quantitative estimate of drug-likeness (QED) is 0.769. The highest BCUT2D eigenvalue weighted by Crippen LogP contribution is 2.19. The van der Waals surface area contributed by atoms with Gasteiger partial charge >= 0.3 is 0 Å². The van der Waals surface area contributed by atoms with E-state index >= 15 is 0 Å². The van der Waals surface area contributed by atoms with Gasteiger partial charge in [0.05, 0.1) is 10.6 Å². The minimum atomic E-state index is -3.58. The molecule has 0 saturated heterocycles. The second-order valence-electron chi connectivity index (χ2n) is 4.29. The maximum atomic E-state index is 11.9. The fourth-order valence-electron chi connectivity index (χ4n) is 1.41. The molecule has 0 radical (unpaired) electrons. The Balaban J connectivity index is 2.68. The van der Waals surface area contributed by atoms with E-state index in [0.29, 0.717) is 0 Å². The maximum Gasteiger partial charge on any atom is 0.240 e. The zero-order valence-corrected chi connectivity index (χ0v) is 13.9. The van der Waals surface area contributed by atoms with Crippen molar-refractivity contribution < 1.29 is 16.8 Å². The van der Waals surface area contributed by atoms with Crippen LogP contribution in [0.2, 0.25) is 0 Å². The van der Waals surface area contributed by atoms with Gasteiger partial charge in [0.25, 0.3) is 0 Å². The largest absolute Gasteiger partial charge is 0.240 e. The van der Waals surface area contributed by atoms with Crippen LogP contribution in [0.3, 0.4) is 0 Å². The lowest BCUT2D eigenvalue weighted by molar-refractivity contribution is 0.577. The van der Waals surface area contributed by atoms with E-state index in [-0.39, 0.29) is 23.6 Å². The number of nitrogens with one attached hydrogen (secondary N) is 1. The van der Waals surface area contributed by atoms with Crippen LogP contribution >= 0.6 is 15.9 Å². The Morgan fingerprint density at radius 2 is 1.84 bits per heavy atom. The predicted octanol–water partition coefficient (Wildman–Crippen LogP) is 1.47. The summed E-state index contributed by atoms with van der Waals surface area (Å²) in [6.45, 7) is 1.90. The summed E-state index contributed by atoms with van der Waals surface area (Å²) in [6, 6.07) is 4.72. The molecule has 1 N–H and O–H groups in total. The Hall–Kier alpha value is -0.440. The van der Waals surface area contributed by atoms with Gasteiger partial charge < -0.3 is 0 Å². The van der Waals surface area contributed by atoms with Crippen LogP contribution in [0, 0.1) is 6.92 Å². The Labute approximate surface area is 122 Å². The second kappa shape index (κ2) is 6.34. The molecule has 1 rings (SSSR count). The number of hydrogen-bond donors (Lipinski definition) is 1. The summed E-state index contributed by atoms with van der Waals surface area (Å²) in [4.78, 5) is 0.174. The molecule has 0 heterocycles. The van der Waals surface area contributed by atoms with Crippen LogP contribution in [0.5, 0.6) is 0 Å². The normalized spacial score (nSPS) is 12.6. The smallest absolute Gasteiger partial charge is 0.229 e. The number of hydrogen-bond acceptors (Lipinski definition) is 4. The van der Waals surface area contributed by atoms with Crippen LogP contribution in [0.1, 0.15) is 12.0 Å². The summed E-state index contributed by atoms with van der Waals surface area (Å²) in [5.41, 5.74) is 0.819. The highest BCUT2D eigenvalue weighted by molar-refractivity contribution is 9.10. The molecule has 0 saturated carbocycles. The predicted molar refractivity (Wildman–Crippen MR) is 78.4 cm³/mol. The van der Waals surface area contributed by atoms with Crippen molar-refractivity contribution in [1.82, 2.24) is 4.72 Å². The van der Waals surface area contributed by atoms with Crippen LogP contribution < -0.4 is 4.72 Å². The highest BCUT2D eigenvalue weighted by atomic mass is 79.9. The molecule has 19 heavy (non-hydrogen) atoms. The van der Waals surface area contributed by atoms with E-state index in [1.807, 2.05) is 0 Å². The average Bonchev–Trinajstić information content (AvgIpc) is 2.27. The summed E-state index contributed by atoms with van der Waals surface area (Å²) in [6.07, 6.45) is 1.38. The standard InChI is InChI=1S/C11H16BrNO4S2/c1-9-8-10(4-5-11(9)12)19(16,17)13-6-3-7-18(2,14)15/h4-5,8,13H,3,6-7H2,1-2H3. The van der Waals surface area contributed by atoms with Gasteiger partial charge in [0.15, 0.2) is 0 Å². The third-order valence-corrected chi connectivity index (χ3v) is 5.80. The van der Waals surface area contributed by atoms with E-state index in [2.05, 4.69) is 20.7 Å². The molecule has 0 atom stereocenters. The zero-order chi connectivity index (χ0) is 14.7. The first kappa shape index (κ1) is 16.6. The molecule has 0 aliphatic carbocycles. The van der Waals surface area contributed by atoms with Crippen molar-refractivity contribution in [2.24, 2.45) is 0 Å². The van der Waals surface area contributed by atoms with Gasteiger partial charge in [-0.1, -0.05) is 15.9 Å². The van der Waals surface area contributed by atoms with Crippen molar-refractivity contribution >= 4 is 35.8 Å². The number of rotatable bonds is 6. The van der Waals surface area contributed by atoms with Gasteiger partial charge in [-0.3, -0.25) is 0 Å². The van der Waals surface area contributed by atoms with Gasteiger partial charge in [0.1, 0.15) is 9.84 Å². The molecule has 1 aromatic rings. The summed E-state index contributed by atoms with van der Waals surface area (Å²) < 4.78 is 49.0. The van der Waals surface area contributed by atoms with E-state index in [9.17, 15) is 16.8 Å². The molecule has 5 nitrogen and oxygen atoms in total. The first-order valence-corrected chi connectivity index (χ1v) is 9.89. The van der Waals surface area contributed by atoms with E-state index < -0.39 is 19.9 Å². The lowest BCUT2D eigenvalue weighted by atomic mass is 10.2. The first-order valence-electron chi connectivity index (χ1n) is 5.55. The Morgan fingerprint density at radius 1 is 1.21 bits per heavy atom. The van der Waals surface area contributed by atoms with E-state index in [0.717, 1.165) is 16.3 Å². The molecular weight excluding hydrogens is 354 g/mol. The van der Waals surface area contributed by atoms with Crippen molar-refractivity contribution in [2.45, 2.75) is 18.2 Å². The lowest BCUT2D eigenvalue weighted by Crippen LogP contribution is -2.26. The molecular formula is C11H16BrNO4S2. The molecule has 0 fully saturated rings. The van der Waals surface area contributed by atoms with Crippen molar-refractivity contribution in [3.63, 3.8) is 0 Å². The summed E-state index contributed by atoms with van der Waals surface area (Å²) in [5.74, 6) is -0.0329. The van der Waals surface area contributed by atoms with Gasteiger partial charge in [-0.15, -0.1) is 0 Å². The van der Waals surface area contributed by atoms with E-state index in [1.54, 1.807) is 19.1 Å². The first-order chi connectivity index (χ1) is 8.62. The number of sulfone groups is 1. The fraction of sp³-hybridized carbons (Fsp3) is 0.455. The van der Waals surface area contributed by atoms with Gasteiger partial charge in [0.2, 0.25) is 10.0 Å². The SMILES string of the molecule is Cc1cc(S(=O)(=O)NCCCS(C)(=O)=O)ccc1Br. The Morgan fingerprint density at radius 3 is 2.37 bits per heavy atom. The van der Waals surface area contributed by atoms with Crippen LogP contribution in [0.4, 0.5) is 0 Å². The topological polar surface area (TPSA) is 80.3 Å². The third-order valence-electron chi connectivity index (χ3n) is 2.42. The molecule has 0 aromatic heterocycles. The molecule has 108 valence electrons. The number of halogens is 1. The van der Waals surface area contributed by atoms with Crippen molar-refractivity contribution in [3.05, 3.63) is 28.2 Å². The molecule has 0 aliphatic heterocycles. The zero-order valence-electron chi connectivity index (χ0n) is 10.7. The minimum Gasteiger partial charge on any atom is -0.229 e. The van der Waals surface area contributed by atoms with Gasteiger partial charge in [-0.2, -0.15) is 0 Å². The summed E-state index contributed by atoms with van der Waals surface area (Å²) in [7, 11) is -6.64. The van der Waals surface area contributed by atoms with Crippen molar-refractivity contribution in [1.29, 1.82) is 0 Å². The molecule has 0 spiro atoms. The number of benzene rings is 1. The summed E-state index contributed by atoms with van der Waals surface area (Å²) >= 11 is 3.30. The van der Waals surface area contributed by atoms with Crippen molar-refractivity contribution in [3.8, 4) is 0 Å². The summed E-state index contributed by atoms with van der Waals surface area (Å²) in [5, 5.41) is 0. The third kappa shape index (κ3) is 5.60. The minimum absolute atomic E-state index is 0.0329. The fourth-order valence-corrected chi connectivity index (χ4v) is 3.48. The average molecular weight is 370 g/mol. The van der Waals surface area contributed by atoms with Crippen LogP contribution in [0.25, 0.3) is 0 Å². The van der Waals surface area contributed by atoms with Crippen LogP contribution in [0.15, 0.2) is 27.6 Å². The van der Waals surface area contributed by atoms with Gasteiger partial charge in [-0.05, 0) is 37.1 Å². The number of aryl methyl sites for hydroxylation is 1. The number of sulfonamides is 1. The van der Waals surface area contributed by atoms with E-state index in [1.165, 1.54) is 6.07 Å². The van der Waals surface area contributed by atoms with Gasteiger partial charge in [-0.25, -0.2) is 21.6 Å². The van der Waals surface area contributed by atoms with Gasteiger partial charge in [0, 0.05) is 17.3 Å². The molecule has 0 aliphatic rings. The maximum absolute atomic E-state index is 11.9. The molecule has 1 aromatic carbocycles. The Kier molecular flexibility index (Phi) is 5.54. The molecule has 0 unspecified atom stereocenters. The molecule has 0 bridgehead atoms. The second-order valence-corrected chi connectivity index (χ2v) is 9.17. The molecule has 0 amide bonds. The van der Waals surface area contributed by atoms with Crippen LogP contribution in [-0.2, 0) is 19.9 Å². The van der Waals surface area contributed by atoms with E-state index in [4.69, 9.17) is 0 Å². The molecule has 8 heteroatoms. The lowest BCUT2D eigenvalue weighted by Gasteiger charge is -2.08. The monoisotopic (exact) mass is 369 g/mol. The van der Waals surface area contributed by atoms with Crippen molar-refractivity contribution in [2.75, 3.05) is 18.6 Å². The van der Waals surface area contributed by atoms with Crippen LogP contribution in [-0.4, -0.2) is 35.4 Å². The highest BCUT2D eigenvalue weighted by Gasteiger charge is 2.14.